The number of benzene rings is 1. The molecule has 2 aliphatic rings. The third-order valence-electron chi connectivity index (χ3n) is 5.03. The standard InChI is InChI=1S/C21H26O/c1-16-6-8-17(9-7-16)10-11-18-12-13-19-20(2,3)14-5-15-21(19,4)22-18/h6-13H,5,14-15H2,1-4H3/b11-10+. The van der Waals surface area contributed by atoms with Gasteiger partial charge in [-0.2, -0.15) is 0 Å². The lowest BCUT2D eigenvalue weighted by atomic mass is 9.65. The Morgan fingerprint density at radius 1 is 0.955 bits per heavy atom. The molecule has 1 aromatic carbocycles. The lowest BCUT2D eigenvalue weighted by molar-refractivity contribution is 0.00705. The second-order valence-corrected chi connectivity index (χ2v) is 7.46. The summed E-state index contributed by atoms with van der Waals surface area (Å²) in [7, 11) is 0. The molecule has 0 saturated heterocycles. The van der Waals surface area contributed by atoms with Crippen molar-refractivity contribution >= 4 is 6.08 Å². The molecule has 0 radical (unpaired) electrons. The minimum atomic E-state index is -0.135. The van der Waals surface area contributed by atoms with E-state index in [1.54, 1.807) is 0 Å². The monoisotopic (exact) mass is 294 g/mol. The molecule has 1 aromatic rings. The second-order valence-electron chi connectivity index (χ2n) is 7.46. The maximum atomic E-state index is 6.36. The number of hydrogen-bond donors (Lipinski definition) is 0. The predicted molar refractivity (Wildman–Crippen MR) is 93.5 cm³/mol. The average Bonchev–Trinajstić information content (AvgIpc) is 2.45. The van der Waals surface area contributed by atoms with E-state index in [1.807, 2.05) is 0 Å². The molecule has 1 heteroatoms. The lowest BCUT2D eigenvalue weighted by Gasteiger charge is -2.47. The normalized spacial score (nSPS) is 26.9. The molecule has 0 bridgehead atoms. The molecule has 1 unspecified atom stereocenters. The minimum Gasteiger partial charge on any atom is -0.483 e. The topological polar surface area (TPSA) is 9.23 Å². The third-order valence-corrected chi connectivity index (χ3v) is 5.03. The van der Waals surface area contributed by atoms with E-state index in [-0.39, 0.29) is 11.0 Å². The van der Waals surface area contributed by atoms with Crippen LogP contribution in [-0.2, 0) is 4.74 Å². The van der Waals surface area contributed by atoms with Gasteiger partial charge in [-0.3, -0.25) is 0 Å². The molecule has 1 nitrogen and oxygen atoms in total. The molecular weight excluding hydrogens is 268 g/mol. The molecule has 0 N–H and O–H groups in total. The summed E-state index contributed by atoms with van der Waals surface area (Å²) >= 11 is 0. The quantitative estimate of drug-likeness (QED) is 0.668. The van der Waals surface area contributed by atoms with Crippen molar-refractivity contribution in [2.45, 2.75) is 52.6 Å². The summed E-state index contributed by atoms with van der Waals surface area (Å²) in [6.45, 7) is 9.02. The fraction of sp³-hybridized carbons (Fsp3) is 0.429. The van der Waals surface area contributed by atoms with E-state index in [4.69, 9.17) is 4.74 Å². The summed E-state index contributed by atoms with van der Waals surface area (Å²) in [6, 6.07) is 8.56. The van der Waals surface area contributed by atoms with Crippen molar-refractivity contribution in [2.75, 3.05) is 0 Å². The summed E-state index contributed by atoms with van der Waals surface area (Å²) in [6.07, 6.45) is 12.2. The van der Waals surface area contributed by atoms with Crippen LogP contribution in [-0.4, -0.2) is 5.60 Å². The van der Waals surface area contributed by atoms with E-state index in [2.05, 4.69) is 76.3 Å². The van der Waals surface area contributed by atoms with Gasteiger partial charge in [0.2, 0.25) is 0 Å². The van der Waals surface area contributed by atoms with Crippen molar-refractivity contribution in [1.29, 1.82) is 0 Å². The van der Waals surface area contributed by atoms with Crippen LogP contribution in [0, 0.1) is 12.3 Å². The Kier molecular flexibility index (Phi) is 3.76. The van der Waals surface area contributed by atoms with Gasteiger partial charge in [-0.15, -0.1) is 0 Å². The molecule has 0 amide bonds. The van der Waals surface area contributed by atoms with E-state index >= 15 is 0 Å². The zero-order valence-corrected chi connectivity index (χ0v) is 14.1. The Morgan fingerprint density at radius 2 is 1.68 bits per heavy atom. The third kappa shape index (κ3) is 2.90. The number of hydrogen-bond acceptors (Lipinski definition) is 1. The van der Waals surface area contributed by atoms with Crippen LogP contribution in [0.3, 0.4) is 0 Å². The van der Waals surface area contributed by atoms with Crippen molar-refractivity contribution < 1.29 is 4.74 Å². The van der Waals surface area contributed by atoms with Gasteiger partial charge in [-0.05, 0) is 61.8 Å². The molecular formula is C21H26O. The van der Waals surface area contributed by atoms with Gasteiger partial charge in [-0.1, -0.05) is 55.8 Å². The zero-order valence-electron chi connectivity index (χ0n) is 14.1. The molecule has 116 valence electrons. The van der Waals surface area contributed by atoms with Crippen molar-refractivity contribution in [3.8, 4) is 0 Å². The molecule has 22 heavy (non-hydrogen) atoms. The summed E-state index contributed by atoms with van der Waals surface area (Å²) in [5.74, 6) is 0.963. The van der Waals surface area contributed by atoms with E-state index < -0.39 is 0 Å². The van der Waals surface area contributed by atoms with Crippen LogP contribution in [0.1, 0.15) is 51.2 Å². The molecule has 1 aliphatic carbocycles. The summed E-state index contributed by atoms with van der Waals surface area (Å²) in [5.41, 5.74) is 4.05. The van der Waals surface area contributed by atoms with Crippen LogP contribution in [0.25, 0.3) is 6.08 Å². The molecule has 1 aliphatic heterocycles. The first-order chi connectivity index (χ1) is 10.4. The molecule has 3 rings (SSSR count). The van der Waals surface area contributed by atoms with Crippen LogP contribution in [0.5, 0.6) is 0 Å². The first-order valence-corrected chi connectivity index (χ1v) is 8.26. The number of fused-ring (bicyclic) bond motifs is 1. The molecule has 1 fully saturated rings. The van der Waals surface area contributed by atoms with Crippen molar-refractivity contribution in [3.63, 3.8) is 0 Å². The van der Waals surface area contributed by atoms with Gasteiger partial charge in [0.15, 0.2) is 0 Å². The predicted octanol–water partition coefficient (Wildman–Crippen LogP) is 5.82. The Labute approximate surface area is 134 Å². The van der Waals surface area contributed by atoms with Crippen LogP contribution in [0.4, 0.5) is 0 Å². The highest BCUT2D eigenvalue weighted by molar-refractivity contribution is 5.53. The van der Waals surface area contributed by atoms with Crippen LogP contribution >= 0.6 is 0 Å². The number of ether oxygens (including phenoxy) is 1. The largest absolute Gasteiger partial charge is 0.483 e. The van der Waals surface area contributed by atoms with E-state index in [9.17, 15) is 0 Å². The first-order valence-electron chi connectivity index (χ1n) is 8.26. The summed E-state index contributed by atoms with van der Waals surface area (Å²) in [4.78, 5) is 0. The van der Waals surface area contributed by atoms with Crippen LogP contribution < -0.4 is 0 Å². The molecule has 1 atom stereocenters. The van der Waals surface area contributed by atoms with Gasteiger partial charge < -0.3 is 4.74 Å². The Bertz CT molecular complexity index is 643. The van der Waals surface area contributed by atoms with Gasteiger partial charge >= 0.3 is 0 Å². The Balaban J connectivity index is 1.83. The second kappa shape index (κ2) is 5.46. The van der Waals surface area contributed by atoms with E-state index in [0.29, 0.717) is 0 Å². The molecule has 0 aromatic heterocycles. The van der Waals surface area contributed by atoms with E-state index in [1.165, 1.54) is 29.5 Å². The number of allylic oxidation sites excluding steroid dienone is 3. The maximum Gasteiger partial charge on any atom is 0.128 e. The highest BCUT2D eigenvalue weighted by Crippen LogP contribution is 2.49. The van der Waals surface area contributed by atoms with Gasteiger partial charge in [0.1, 0.15) is 11.4 Å². The Hall–Kier alpha value is -1.76. The molecule has 1 saturated carbocycles. The zero-order chi connectivity index (χ0) is 15.8. The average molecular weight is 294 g/mol. The van der Waals surface area contributed by atoms with Gasteiger partial charge in [0.05, 0.1) is 0 Å². The Morgan fingerprint density at radius 3 is 2.41 bits per heavy atom. The SMILES string of the molecule is Cc1ccc(/C=C/C2=CC=C3C(C)(C)CCCC3(C)O2)cc1. The van der Waals surface area contributed by atoms with Crippen molar-refractivity contribution in [2.24, 2.45) is 5.41 Å². The highest BCUT2D eigenvalue weighted by Gasteiger charge is 2.44. The molecule has 0 spiro atoms. The maximum absolute atomic E-state index is 6.36. The summed E-state index contributed by atoms with van der Waals surface area (Å²) in [5, 5.41) is 0. The lowest BCUT2D eigenvalue weighted by Crippen LogP contribution is -2.42. The van der Waals surface area contributed by atoms with Crippen LogP contribution in [0.2, 0.25) is 0 Å². The first kappa shape index (κ1) is 15.1. The van der Waals surface area contributed by atoms with E-state index in [0.717, 1.165) is 12.2 Å². The fourth-order valence-electron chi connectivity index (χ4n) is 3.77. The molecule has 1 heterocycles. The number of aryl methyl sites for hydroxylation is 1. The van der Waals surface area contributed by atoms with Crippen molar-refractivity contribution in [1.82, 2.24) is 0 Å². The van der Waals surface area contributed by atoms with Crippen molar-refractivity contribution in [3.05, 3.63) is 65.0 Å². The fourth-order valence-corrected chi connectivity index (χ4v) is 3.77. The smallest absolute Gasteiger partial charge is 0.128 e. The number of rotatable bonds is 2. The minimum absolute atomic E-state index is 0.135. The summed E-state index contributed by atoms with van der Waals surface area (Å²) < 4.78 is 6.36. The van der Waals surface area contributed by atoms with Crippen LogP contribution in [0.15, 0.2) is 53.8 Å². The van der Waals surface area contributed by atoms with Gasteiger partial charge in [0, 0.05) is 0 Å². The van der Waals surface area contributed by atoms with Gasteiger partial charge in [0.25, 0.3) is 0 Å². The highest BCUT2D eigenvalue weighted by atomic mass is 16.5. The van der Waals surface area contributed by atoms with Gasteiger partial charge in [-0.25, -0.2) is 0 Å².